The molecule has 2 unspecified atom stereocenters. The first kappa shape index (κ1) is 15.0. The topological polar surface area (TPSA) is 15.3 Å². The van der Waals surface area contributed by atoms with Gasteiger partial charge in [-0.15, -0.1) is 11.3 Å². The molecule has 108 valence electrons. The summed E-state index contributed by atoms with van der Waals surface area (Å²) in [4.78, 5) is 4.22. The number of nitrogens with zero attached hydrogens (tertiary/aromatic N) is 1. The minimum atomic E-state index is 0.330. The lowest BCUT2D eigenvalue weighted by atomic mass is 9.86. The van der Waals surface area contributed by atoms with Gasteiger partial charge < -0.3 is 5.32 Å². The molecule has 0 spiro atoms. The Morgan fingerprint density at radius 3 is 2.84 bits per heavy atom. The predicted octanol–water partition coefficient (Wildman–Crippen LogP) is 3.91. The largest absolute Gasteiger partial charge is 0.312 e. The fourth-order valence-corrected chi connectivity index (χ4v) is 3.88. The summed E-state index contributed by atoms with van der Waals surface area (Å²) in [5.74, 6) is 0. The summed E-state index contributed by atoms with van der Waals surface area (Å²) in [5.41, 5.74) is 0.330. The van der Waals surface area contributed by atoms with Crippen LogP contribution in [-0.2, 0) is 0 Å². The van der Waals surface area contributed by atoms with E-state index in [1.54, 1.807) is 0 Å². The molecule has 2 nitrogen and oxygen atoms in total. The van der Waals surface area contributed by atoms with E-state index in [1.165, 1.54) is 30.8 Å². The molecule has 1 aromatic heterocycles. The van der Waals surface area contributed by atoms with Gasteiger partial charge in [0.2, 0.25) is 0 Å². The van der Waals surface area contributed by atoms with Crippen molar-refractivity contribution in [1.82, 2.24) is 10.2 Å². The first-order valence-corrected chi connectivity index (χ1v) is 8.41. The second kappa shape index (κ2) is 6.38. The van der Waals surface area contributed by atoms with Crippen molar-refractivity contribution in [1.29, 1.82) is 0 Å². The van der Waals surface area contributed by atoms with Crippen molar-refractivity contribution < 1.29 is 0 Å². The van der Waals surface area contributed by atoms with E-state index in [1.807, 2.05) is 11.3 Å². The molecular weight excluding hydrogens is 252 g/mol. The molecule has 0 radical (unpaired) electrons. The van der Waals surface area contributed by atoms with Gasteiger partial charge in [0.15, 0.2) is 0 Å². The standard InChI is InChI=1S/C16H28N2S/c1-5-13(14-8-6-11-19-14)18-10-7-9-17-15(12-18)16(2,3)4/h6,8,11,13,15,17H,5,7,9-10,12H2,1-4H3. The average molecular weight is 280 g/mol. The summed E-state index contributed by atoms with van der Waals surface area (Å²) in [6, 6.07) is 5.66. The Hall–Kier alpha value is -0.380. The third-order valence-corrected chi connectivity index (χ3v) is 5.15. The highest BCUT2D eigenvalue weighted by Gasteiger charge is 2.31. The zero-order valence-electron chi connectivity index (χ0n) is 12.8. The van der Waals surface area contributed by atoms with Gasteiger partial charge in [0.25, 0.3) is 0 Å². The Labute approximate surface area is 122 Å². The van der Waals surface area contributed by atoms with E-state index < -0.39 is 0 Å². The minimum absolute atomic E-state index is 0.330. The van der Waals surface area contributed by atoms with Crippen LogP contribution in [0, 0.1) is 5.41 Å². The van der Waals surface area contributed by atoms with Crippen molar-refractivity contribution in [3.63, 3.8) is 0 Å². The summed E-state index contributed by atoms with van der Waals surface area (Å²) in [6.07, 6.45) is 2.46. The smallest absolute Gasteiger partial charge is 0.0439 e. The van der Waals surface area contributed by atoms with Crippen LogP contribution >= 0.6 is 11.3 Å². The molecule has 1 saturated heterocycles. The van der Waals surface area contributed by atoms with E-state index >= 15 is 0 Å². The first-order chi connectivity index (χ1) is 9.02. The maximum absolute atomic E-state index is 3.74. The van der Waals surface area contributed by atoms with Gasteiger partial charge in [0.1, 0.15) is 0 Å². The van der Waals surface area contributed by atoms with Crippen LogP contribution in [0.1, 0.15) is 51.5 Å². The maximum Gasteiger partial charge on any atom is 0.0439 e. The van der Waals surface area contributed by atoms with Gasteiger partial charge in [-0.05, 0) is 36.2 Å². The molecule has 3 heteroatoms. The average Bonchev–Trinajstić information content (AvgIpc) is 2.73. The number of rotatable bonds is 3. The van der Waals surface area contributed by atoms with Gasteiger partial charge in [0.05, 0.1) is 0 Å². The Balaban J connectivity index is 2.13. The second-order valence-electron chi connectivity index (χ2n) is 6.66. The number of hydrogen-bond donors (Lipinski definition) is 1. The van der Waals surface area contributed by atoms with Gasteiger partial charge in [-0.1, -0.05) is 33.8 Å². The van der Waals surface area contributed by atoms with E-state index in [2.05, 4.69) is 55.4 Å². The molecule has 2 heterocycles. The normalized spacial score (nSPS) is 24.1. The van der Waals surface area contributed by atoms with Crippen LogP contribution in [0.15, 0.2) is 17.5 Å². The van der Waals surface area contributed by atoms with Crippen molar-refractivity contribution >= 4 is 11.3 Å². The van der Waals surface area contributed by atoms with Crippen molar-refractivity contribution in [2.75, 3.05) is 19.6 Å². The van der Waals surface area contributed by atoms with E-state index in [4.69, 9.17) is 0 Å². The highest BCUT2D eigenvalue weighted by Crippen LogP contribution is 2.31. The van der Waals surface area contributed by atoms with Crippen molar-refractivity contribution in [2.24, 2.45) is 5.41 Å². The Morgan fingerprint density at radius 1 is 1.47 bits per heavy atom. The van der Waals surface area contributed by atoms with Crippen molar-refractivity contribution in [3.8, 4) is 0 Å². The summed E-state index contributed by atoms with van der Waals surface area (Å²) in [6.45, 7) is 12.9. The van der Waals surface area contributed by atoms with Crippen LogP contribution in [0.3, 0.4) is 0 Å². The van der Waals surface area contributed by atoms with Crippen molar-refractivity contribution in [2.45, 2.75) is 52.6 Å². The van der Waals surface area contributed by atoms with Crippen LogP contribution in [0.4, 0.5) is 0 Å². The molecular formula is C16H28N2S. The lowest BCUT2D eigenvalue weighted by molar-refractivity contribution is 0.152. The molecule has 0 aliphatic carbocycles. The van der Waals surface area contributed by atoms with Crippen LogP contribution in [0.25, 0.3) is 0 Å². The van der Waals surface area contributed by atoms with Gasteiger partial charge >= 0.3 is 0 Å². The minimum Gasteiger partial charge on any atom is -0.312 e. The molecule has 0 bridgehead atoms. The molecule has 19 heavy (non-hydrogen) atoms. The van der Waals surface area contributed by atoms with Crippen LogP contribution in [-0.4, -0.2) is 30.6 Å². The third kappa shape index (κ3) is 3.80. The molecule has 2 atom stereocenters. The van der Waals surface area contributed by atoms with E-state index in [9.17, 15) is 0 Å². The third-order valence-electron chi connectivity index (χ3n) is 4.17. The maximum atomic E-state index is 3.74. The molecule has 1 fully saturated rings. The number of thiophene rings is 1. The summed E-state index contributed by atoms with van der Waals surface area (Å²) < 4.78 is 0. The van der Waals surface area contributed by atoms with E-state index in [0.29, 0.717) is 17.5 Å². The SMILES string of the molecule is CCC(c1cccs1)N1CCCNC(C(C)(C)C)C1. The fourth-order valence-electron chi connectivity index (χ4n) is 2.93. The molecule has 0 aromatic carbocycles. The Morgan fingerprint density at radius 2 is 2.26 bits per heavy atom. The molecule has 1 aliphatic heterocycles. The monoisotopic (exact) mass is 280 g/mol. The highest BCUT2D eigenvalue weighted by molar-refractivity contribution is 7.10. The van der Waals surface area contributed by atoms with E-state index in [0.717, 1.165) is 6.54 Å². The highest BCUT2D eigenvalue weighted by atomic mass is 32.1. The molecule has 0 saturated carbocycles. The molecule has 1 aliphatic rings. The zero-order valence-corrected chi connectivity index (χ0v) is 13.6. The van der Waals surface area contributed by atoms with Crippen LogP contribution in [0.5, 0.6) is 0 Å². The van der Waals surface area contributed by atoms with Gasteiger partial charge in [-0.2, -0.15) is 0 Å². The van der Waals surface area contributed by atoms with Crippen LogP contribution < -0.4 is 5.32 Å². The molecule has 2 rings (SSSR count). The summed E-state index contributed by atoms with van der Waals surface area (Å²) >= 11 is 1.90. The Bertz CT molecular complexity index is 367. The molecule has 0 amide bonds. The quantitative estimate of drug-likeness (QED) is 0.903. The lowest BCUT2D eigenvalue weighted by Gasteiger charge is -2.36. The van der Waals surface area contributed by atoms with Gasteiger partial charge in [-0.25, -0.2) is 0 Å². The first-order valence-electron chi connectivity index (χ1n) is 7.53. The predicted molar refractivity (Wildman–Crippen MR) is 84.8 cm³/mol. The van der Waals surface area contributed by atoms with Crippen LogP contribution in [0.2, 0.25) is 0 Å². The van der Waals surface area contributed by atoms with Gasteiger partial charge in [-0.3, -0.25) is 4.90 Å². The number of nitrogens with one attached hydrogen (secondary N) is 1. The number of hydrogen-bond acceptors (Lipinski definition) is 3. The fraction of sp³-hybridized carbons (Fsp3) is 0.750. The van der Waals surface area contributed by atoms with Crippen molar-refractivity contribution in [3.05, 3.63) is 22.4 Å². The lowest BCUT2D eigenvalue weighted by Crippen LogP contribution is -2.46. The van der Waals surface area contributed by atoms with Gasteiger partial charge in [0, 0.05) is 30.1 Å². The second-order valence-corrected chi connectivity index (χ2v) is 7.64. The Kier molecular flexibility index (Phi) is 5.04. The summed E-state index contributed by atoms with van der Waals surface area (Å²) in [5, 5.41) is 5.94. The summed E-state index contributed by atoms with van der Waals surface area (Å²) in [7, 11) is 0. The zero-order chi connectivity index (χ0) is 13.9. The molecule has 1 aromatic rings. The molecule has 1 N–H and O–H groups in total. The van der Waals surface area contributed by atoms with E-state index in [-0.39, 0.29) is 0 Å².